The van der Waals surface area contributed by atoms with Gasteiger partial charge in [-0.3, -0.25) is 9.59 Å². The van der Waals surface area contributed by atoms with Crippen LogP contribution >= 0.6 is 0 Å². The molecular weight excluding hydrogens is 498 g/mol. The highest BCUT2D eigenvalue weighted by Crippen LogP contribution is 2.27. The van der Waals surface area contributed by atoms with E-state index in [1.54, 1.807) is 29.2 Å². The van der Waals surface area contributed by atoms with Crippen LogP contribution in [0.5, 0.6) is 5.75 Å². The molecule has 0 atom stereocenters. The number of nitrogens with zero attached hydrogens (tertiary/aromatic N) is 5. The summed E-state index contributed by atoms with van der Waals surface area (Å²) in [6, 6.07) is 11.9. The molecular formula is C26H24F2N6O4. The molecule has 0 unspecified atom stereocenters. The predicted octanol–water partition coefficient (Wildman–Crippen LogP) is 2.63. The average Bonchev–Trinajstić information content (AvgIpc) is 3.30. The molecule has 10 nitrogen and oxygen atoms in total. The Kier molecular flexibility index (Phi) is 6.77. The predicted molar refractivity (Wildman–Crippen MR) is 133 cm³/mol. The van der Waals surface area contributed by atoms with Crippen LogP contribution in [0.15, 0.2) is 41.2 Å². The van der Waals surface area contributed by atoms with Crippen molar-refractivity contribution in [3.63, 3.8) is 0 Å². The van der Waals surface area contributed by atoms with Gasteiger partial charge in [-0.2, -0.15) is 10.4 Å². The Bertz CT molecular complexity index is 1610. The van der Waals surface area contributed by atoms with E-state index < -0.39 is 12.5 Å². The summed E-state index contributed by atoms with van der Waals surface area (Å²) in [6.07, 6.45) is 0.187. The molecule has 0 spiro atoms. The number of nitrogens with one attached hydrogen (secondary N) is 1. The normalized spacial score (nSPS) is 14.1. The van der Waals surface area contributed by atoms with Crippen molar-refractivity contribution in [2.75, 3.05) is 32.9 Å². The van der Waals surface area contributed by atoms with Crippen molar-refractivity contribution in [3.05, 3.63) is 63.8 Å². The number of hydrogen-bond acceptors (Lipinski definition) is 7. The van der Waals surface area contributed by atoms with E-state index in [1.807, 2.05) is 6.07 Å². The number of aromatic nitrogens is 4. The van der Waals surface area contributed by atoms with E-state index in [0.29, 0.717) is 59.6 Å². The number of ether oxygens (including phenoxy) is 2. The van der Waals surface area contributed by atoms with Crippen LogP contribution in [-0.4, -0.2) is 69.4 Å². The third kappa shape index (κ3) is 5.33. The quantitative estimate of drug-likeness (QED) is 0.395. The zero-order valence-corrected chi connectivity index (χ0v) is 20.5. The highest BCUT2D eigenvalue weighted by molar-refractivity contribution is 5.85. The highest BCUT2D eigenvalue weighted by atomic mass is 19.3. The molecule has 1 aliphatic rings. The summed E-state index contributed by atoms with van der Waals surface area (Å²) in [4.78, 5) is 35.2. The maximum Gasteiger partial charge on any atom is 0.278 e. The number of carbonyl (C=O) groups is 1. The fourth-order valence-electron chi connectivity index (χ4n) is 4.33. The van der Waals surface area contributed by atoms with E-state index in [9.17, 15) is 23.6 Å². The van der Waals surface area contributed by atoms with Crippen molar-refractivity contribution < 1.29 is 23.0 Å². The Balaban J connectivity index is 1.48. The first-order chi connectivity index (χ1) is 18.2. The minimum atomic E-state index is -3.06. The number of halogens is 2. The fraction of sp³-hybridized carbons (Fsp3) is 0.346. The number of benzene rings is 2. The van der Waals surface area contributed by atoms with Gasteiger partial charge in [0.1, 0.15) is 24.2 Å². The van der Waals surface area contributed by atoms with Crippen molar-refractivity contribution >= 4 is 27.7 Å². The van der Waals surface area contributed by atoms with Crippen LogP contribution in [0.2, 0.25) is 0 Å². The van der Waals surface area contributed by atoms with Crippen LogP contribution in [0.1, 0.15) is 24.0 Å². The lowest BCUT2D eigenvalue weighted by molar-refractivity contribution is -0.136. The van der Waals surface area contributed by atoms with Crippen molar-refractivity contribution in [2.45, 2.75) is 25.8 Å². The summed E-state index contributed by atoms with van der Waals surface area (Å²) in [5.74, 6) is -2.79. The highest BCUT2D eigenvalue weighted by Gasteiger charge is 2.24. The lowest BCUT2D eigenvalue weighted by atomic mass is 10.1. The molecule has 5 rings (SSSR count). The number of fused-ring (bicyclic) bond motifs is 2. The third-order valence-corrected chi connectivity index (χ3v) is 6.16. The summed E-state index contributed by atoms with van der Waals surface area (Å²) < 4.78 is 38.2. The van der Waals surface area contributed by atoms with E-state index in [0.717, 1.165) is 6.92 Å². The van der Waals surface area contributed by atoms with Crippen LogP contribution < -0.4 is 10.3 Å². The summed E-state index contributed by atoms with van der Waals surface area (Å²) >= 11 is 0. The van der Waals surface area contributed by atoms with Crippen LogP contribution in [0.3, 0.4) is 0 Å². The zero-order valence-electron chi connectivity index (χ0n) is 20.5. The smallest absolute Gasteiger partial charge is 0.278 e. The Hall–Kier alpha value is -4.37. The number of hydrogen-bond donors (Lipinski definition) is 1. The number of rotatable bonds is 7. The first-order valence-electron chi connectivity index (χ1n) is 12.0. The molecule has 0 bridgehead atoms. The molecule has 0 saturated carbocycles. The van der Waals surface area contributed by atoms with Crippen molar-refractivity contribution in [1.82, 2.24) is 24.6 Å². The number of nitriles is 1. The fourth-order valence-corrected chi connectivity index (χ4v) is 4.33. The molecule has 0 aliphatic carbocycles. The lowest BCUT2D eigenvalue weighted by Gasteiger charge is -2.26. The summed E-state index contributed by atoms with van der Waals surface area (Å²) in [7, 11) is 0. The Labute approximate surface area is 215 Å². The van der Waals surface area contributed by atoms with Gasteiger partial charge in [0.05, 0.1) is 47.3 Å². The van der Waals surface area contributed by atoms with Gasteiger partial charge in [-0.25, -0.2) is 18.4 Å². The van der Waals surface area contributed by atoms with E-state index in [4.69, 9.17) is 9.47 Å². The molecule has 0 radical (unpaired) electrons. The monoisotopic (exact) mass is 522 g/mol. The second-order valence-corrected chi connectivity index (χ2v) is 9.14. The molecule has 1 N–H and O–H groups in total. The standard InChI is InChI=1S/C26H24F2N6O4/c1-26(27,28)15-38-22-11-21-20(10-16(22)13-29)30-23(31-21)12-19-17-4-2-3-5-18(17)25(36)34(32-19)14-24(35)33-6-8-37-9-7-33/h2-5,10-11H,6-9,12,14-15H2,1H3,(H,30,31). The summed E-state index contributed by atoms with van der Waals surface area (Å²) in [6.45, 7) is 1.47. The SMILES string of the molecule is CC(F)(F)COc1cc2nc(Cc3nn(CC(=O)N4CCOCC4)c(=O)c4ccccc34)[nH]c2cc1C#N. The largest absolute Gasteiger partial charge is 0.486 e. The molecule has 12 heteroatoms. The average molecular weight is 523 g/mol. The van der Waals surface area contributed by atoms with Gasteiger partial charge in [0.25, 0.3) is 11.5 Å². The van der Waals surface area contributed by atoms with E-state index in [-0.39, 0.29) is 35.7 Å². The van der Waals surface area contributed by atoms with E-state index in [2.05, 4.69) is 15.1 Å². The Morgan fingerprint density at radius 3 is 2.68 bits per heavy atom. The molecule has 1 fully saturated rings. The van der Waals surface area contributed by atoms with E-state index in [1.165, 1.54) is 16.8 Å². The van der Waals surface area contributed by atoms with Crippen LogP contribution in [0.4, 0.5) is 8.78 Å². The second-order valence-electron chi connectivity index (χ2n) is 9.14. The van der Waals surface area contributed by atoms with Crippen LogP contribution in [0, 0.1) is 11.3 Å². The molecule has 1 amide bonds. The summed E-state index contributed by atoms with van der Waals surface area (Å²) in [5, 5.41) is 15.0. The minimum absolute atomic E-state index is 0.0123. The van der Waals surface area contributed by atoms with Crippen molar-refractivity contribution in [1.29, 1.82) is 5.26 Å². The molecule has 2 aromatic heterocycles. The van der Waals surface area contributed by atoms with Gasteiger partial charge in [0.15, 0.2) is 6.61 Å². The number of amides is 1. The molecule has 1 saturated heterocycles. The van der Waals surface area contributed by atoms with Crippen molar-refractivity contribution in [3.8, 4) is 11.8 Å². The molecule has 1 aliphatic heterocycles. The van der Waals surface area contributed by atoms with Gasteiger partial charge in [0, 0.05) is 31.5 Å². The van der Waals surface area contributed by atoms with Gasteiger partial charge in [-0.1, -0.05) is 18.2 Å². The molecule has 2 aromatic carbocycles. The number of carbonyl (C=O) groups excluding carboxylic acids is 1. The number of alkyl halides is 2. The van der Waals surface area contributed by atoms with Gasteiger partial charge in [0.2, 0.25) is 5.91 Å². The van der Waals surface area contributed by atoms with Gasteiger partial charge >= 0.3 is 0 Å². The minimum Gasteiger partial charge on any atom is -0.486 e. The van der Waals surface area contributed by atoms with Gasteiger partial charge in [-0.05, 0) is 12.1 Å². The van der Waals surface area contributed by atoms with E-state index >= 15 is 0 Å². The molecule has 196 valence electrons. The third-order valence-electron chi connectivity index (χ3n) is 6.16. The van der Waals surface area contributed by atoms with Gasteiger partial charge in [-0.15, -0.1) is 0 Å². The molecule has 4 aromatic rings. The van der Waals surface area contributed by atoms with Crippen LogP contribution in [0.25, 0.3) is 21.8 Å². The van der Waals surface area contributed by atoms with Crippen LogP contribution in [-0.2, 0) is 22.5 Å². The first-order valence-corrected chi connectivity index (χ1v) is 12.0. The molecule has 38 heavy (non-hydrogen) atoms. The number of imidazole rings is 1. The maximum atomic E-state index is 13.3. The molecule has 3 heterocycles. The summed E-state index contributed by atoms with van der Waals surface area (Å²) in [5.41, 5.74) is 1.19. The maximum absolute atomic E-state index is 13.3. The first kappa shape index (κ1) is 25.3. The zero-order chi connectivity index (χ0) is 26.9. The number of aromatic amines is 1. The lowest BCUT2D eigenvalue weighted by Crippen LogP contribution is -2.43. The topological polar surface area (TPSA) is 126 Å². The second kappa shape index (κ2) is 10.2. The van der Waals surface area contributed by atoms with Crippen molar-refractivity contribution in [2.24, 2.45) is 0 Å². The number of H-pyrrole nitrogens is 1. The Morgan fingerprint density at radius 2 is 1.97 bits per heavy atom. The number of morpholine rings is 1. The Morgan fingerprint density at radius 1 is 1.24 bits per heavy atom. The van der Waals surface area contributed by atoms with Gasteiger partial charge < -0.3 is 19.4 Å².